The van der Waals surface area contributed by atoms with E-state index >= 15 is 0 Å². The maximum Gasteiger partial charge on any atom is 0.340 e. The zero-order valence-corrected chi connectivity index (χ0v) is 13.2. The third-order valence-corrected chi connectivity index (χ3v) is 4.11. The van der Waals surface area contributed by atoms with Crippen molar-refractivity contribution in [3.05, 3.63) is 42.0 Å². The van der Waals surface area contributed by atoms with Crippen LogP contribution in [0.25, 0.3) is 10.4 Å². The Labute approximate surface area is 128 Å². The molecule has 1 aromatic carbocycles. The number of rotatable bonds is 6. The van der Waals surface area contributed by atoms with Crippen LogP contribution in [0.5, 0.6) is 0 Å². The van der Waals surface area contributed by atoms with Crippen molar-refractivity contribution >= 4 is 22.3 Å². The lowest BCUT2D eigenvalue weighted by Crippen LogP contribution is -2.21. The molecule has 21 heavy (non-hydrogen) atoms. The molecule has 0 saturated carbocycles. The molecule has 1 unspecified atom stereocenters. The molecule has 0 bridgehead atoms. The highest BCUT2D eigenvalue weighted by atomic mass is 32.1. The predicted molar refractivity (Wildman–Crippen MR) is 86.1 cm³/mol. The summed E-state index contributed by atoms with van der Waals surface area (Å²) in [7, 11) is 3.05. The summed E-state index contributed by atoms with van der Waals surface area (Å²) in [6, 6.07) is 12.0. The van der Waals surface area contributed by atoms with Gasteiger partial charge in [0.05, 0.1) is 19.3 Å². The first-order valence-electron chi connectivity index (χ1n) is 6.68. The average Bonchev–Trinajstić information content (AvgIpc) is 2.91. The summed E-state index contributed by atoms with van der Waals surface area (Å²) in [5.41, 5.74) is 1.64. The number of hydrogen-bond acceptors (Lipinski definition) is 5. The summed E-state index contributed by atoms with van der Waals surface area (Å²) in [5.74, 6) is -0.333. The van der Waals surface area contributed by atoms with Crippen molar-refractivity contribution < 1.29 is 14.3 Å². The van der Waals surface area contributed by atoms with E-state index in [0.717, 1.165) is 15.4 Å². The molecular weight excluding hydrogens is 286 g/mol. The summed E-state index contributed by atoms with van der Waals surface area (Å²) in [5, 5.41) is 4.12. The standard InChI is InChI=1S/C16H19NO3S/c1-11(10-19-2)17-15-13(16(18)20-3)9-14(21-15)12-7-5-4-6-8-12/h4-9,11,17H,10H2,1-3H3. The Morgan fingerprint density at radius 2 is 2.00 bits per heavy atom. The topological polar surface area (TPSA) is 47.6 Å². The minimum atomic E-state index is -0.333. The third kappa shape index (κ3) is 3.83. The van der Waals surface area contributed by atoms with Gasteiger partial charge in [0.15, 0.2) is 0 Å². The van der Waals surface area contributed by atoms with Crippen molar-refractivity contribution in [2.75, 3.05) is 26.1 Å². The van der Waals surface area contributed by atoms with Gasteiger partial charge in [-0.15, -0.1) is 11.3 Å². The normalized spacial score (nSPS) is 12.0. The predicted octanol–water partition coefficient (Wildman–Crippen LogP) is 3.65. The van der Waals surface area contributed by atoms with Crippen molar-refractivity contribution in [2.24, 2.45) is 0 Å². The van der Waals surface area contributed by atoms with E-state index in [1.54, 1.807) is 18.4 Å². The third-order valence-electron chi connectivity index (χ3n) is 2.99. The van der Waals surface area contributed by atoms with Gasteiger partial charge in [0.2, 0.25) is 0 Å². The van der Waals surface area contributed by atoms with Crippen LogP contribution in [0.1, 0.15) is 17.3 Å². The molecule has 1 aromatic heterocycles. The van der Waals surface area contributed by atoms with E-state index in [4.69, 9.17) is 9.47 Å². The molecule has 0 amide bonds. The number of methoxy groups -OCH3 is 2. The second kappa shape index (κ2) is 7.24. The zero-order chi connectivity index (χ0) is 15.2. The van der Waals surface area contributed by atoms with E-state index in [2.05, 4.69) is 5.32 Å². The molecule has 0 aliphatic rings. The van der Waals surface area contributed by atoms with Crippen LogP contribution in [0.2, 0.25) is 0 Å². The molecule has 112 valence electrons. The molecule has 0 saturated heterocycles. The van der Waals surface area contributed by atoms with E-state index in [-0.39, 0.29) is 12.0 Å². The SMILES string of the molecule is COCC(C)Nc1sc(-c2ccccc2)cc1C(=O)OC. The van der Waals surface area contributed by atoms with E-state index in [0.29, 0.717) is 12.2 Å². The van der Waals surface area contributed by atoms with Gasteiger partial charge in [-0.05, 0) is 18.6 Å². The van der Waals surface area contributed by atoms with Crippen LogP contribution in [0.15, 0.2) is 36.4 Å². The van der Waals surface area contributed by atoms with Gasteiger partial charge in [0, 0.05) is 18.0 Å². The van der Waals surface area contributed by atoms with Gasteiger partial charge in [-0.25, -0.2) is 4.79 Å². The fourth-order valence-electron chi connectivity index (χ4n) is 2.02. The lowest BCUT2D eigenvalue weighted by molar-refractivity contribution is 0.0602. The summed E-state index contributed by atoms with van der Waals surface area (Å²) < 4.78 is 9.98. The highest BCUT2D eigenvalue weighted by Gasteiger charge is 2.18. The molecule has 0 aliphatic heterocycles. The zero-order valence-electron chi connectivity index (χ0n) is 12.4. The fraction of sp³-hybridized carbons (Fsp3) is 0.312. The first-order chi connectivity index (χ1) is 10.2. The number of esters is 1. The molecular formula is C16H19NO3S. The molecule has 2 rings (SSSR count). The molecule has 1 heterocycles. The lowest BCUT2D eigenvalue weighted by atomic mass is 10.1. The molecule has 1 atom stereocenters. The van der Waals surface area contributed by atoms with Crippen LogP contribution < -0.4 is 5.32 Å². The average molecular weight is 305 g/mol. The number of ether oxygens (including phenoxy) is 2. The number of carbonyl (C=O) groups is 1. The Morgan fingerprint density at radius 1 is 1.29 bits per heavy atom. The molecule has 4 nitrogen and oxygen atoms in total. The van der Waals surface area contributed by atoms with Crippen molar-refractivity contribution in [1.29, 1.82) is 0 Å². The first-order valence-corrected chi connectivity index (χ1v) is 7.50. The van der Waals surface area contributed by atoms with Crippen LogP contribution in [-0.4, -0.2) is 32.8 Å². The van der Waals surface area contributed by atoms with Crippen molar-refractivity contribution in [3.63, 3.8) is 0 Å². The van der Waals surface area contributed by atoms with Crippen molar-refractivity contribution in [3.8, 4) is 10.4 Å². The number of benzene rings is 1. The highest BCUT2D eigenvalue weighted by Crippen LogP contribution is 2.36. The number of carbonyl (C=O) groups excluding carboxylic acids is 1. The summed E-state index contributed by atoms with van der Waals surface area (Å²) in [6.07, 6.45) is 0. The summed E-state index contributed by atoms with van der Waals surface area (Å²) in [4.78, 5) is 13.0. The Bertz CT molecular complexity index is 595. The van der Waals surface area contributed by atoms with Crippen molar-refractivity contribution in [1.82, 2.24) is 0 Å². The van der Waals surface area contributed by atoms with Gasteiger partial charge in [-0.2, -0.15) is 0 Å². The molecule has 1 N–H and O–H groups in total. The minimum Gasteiger partial charge on any atom is -0.465 e. The second-order valence-electron chi connectivity index (χ2n) is 4.71. The van der Waals surface area contributed by atoms with Crippen LogP contribution in [0, 0.1) is 0 Å². The van der Waals surface area contributed by atoms with Gasteiger partial charge in [0.25, 0.3) is 0 Å². The monoisotopic (exact) mass is 305 g/mol. The van der Waals surface area contributed by atoms with E-state index in [1.807, 2.05) is 43.3 Å². The van der Waals surface area contributed by atoms with Crippen LogP contribution in [0.3, 0.4) is 0 Å². The van der Waals surface area contributed by atoms with Gasteiger partial charge in [0.1, 0.15) is 5.00 Å². The Kier molecular flexibility index (Phi) is 5.36. The van der Waals surface area contributed by atoms with Crippen LogP contribution >= 0.6 is 11.3 Å². The van der Waals surface area contributed by atoms with E-state index in [9.17, 15) is 4.79 Å². The fourth-order valence-corrected chi connectivity index (χ4v) is 3.18. The van der Waals surface area contributed by atoms with E-state index in [1.165, 1.54) is 7.11 Å². The lowest BCUT2D eigenvalue weighted by Gasteiger charge is -2.13. The Morgan fingerprint density at radius 3 is 2.62 bits per heavy atom. The Hall–Kier alpha value is -1.85. The largest absolute Gasteiger partial charge is 0.465 e. The second-order valence-corrected chi connectivity index (χ2v) is 5.76. The number of nitrogens with one attached hydrogen (secondary N) is 1. The van der Waals surface area contributed by atoms with Crippen molar-refractivity contribution in [2.45, 2.75) is 13.0 Å². The molecule has 0 radical (unpaired) electrons. The van der Waals surface area contributed by atoms with Gasteiger partial charge < -0.3 is 14.8 Å². The minimum absolute atomic E-state index is 0.112. The van der Waals surface area contributed by atoms with Crippen LogP contribution in [-0.2, 0) is 9.47 Å². The summed E-state index contributed by atoms with van der Waals surface area (Å²) >= 11 is 1.54. The quantitative estimate of drug-likeness (QED) is 0.828. The van der Waals surface area contributed by atoms with Gasteiger partial charge >= 0.3 is 5.97 Å². The van der Waals surface area contributed by atoms with Gasteiger partial charge in [-0.1, -0.05) is 30.3 Å². The maximum atomic E-state index is 11.9. The van der Waals surface area contributed by atoms with Crippen LogP contribution in [0.4, 0.5) is 5.00 Å². The Balaban J connectivity index is 2.33. The van der Waals surface area contributed by atoms with Gasteiger partial charge in [-0.3, -0.25) is 0 Å². The molecule has 0 aliphatic carbocycles. The number of hydrogen-bond donors (Lipinski definition) is 1. The molecule has 5 heteroatoms. The number of anilines is 1. The molecule has 2 aromatic rings. The smallest absolute Gasteiger partial charge is 0.340 e. The van der Waals surface area contributed by atoms with E-state index < -0.39 is 0 Å². The summed E-state index contributed by atoms with van der Waals surface area (Å²) in [6.45, 7) is 2.58. The highest BCUT2D eigenvalue weighted by molar-refractivity contribution is 7.19. The number of thiophene rings is 1. The maximum absolute atomic E-state index is 11.9. The molecule has 0 spiro atoms. The molecule has 0 fully saturated rings. The first kappa shape index (κ1) is 15.5.